The van der Waals surface area contributed by atoms with Gasteiger partial charge in [-0.05, 0) is 79.9 Å². The summed E-state index contributed by atoms with van der Waals surface area (Å²) in [5.74, 6) is 3.00. The molecule has 0 spiro atoms. The summed E-state index contributed by atoms with van der Waals surface area (Å²) in [6.45, 7) is 0. The highest BCUT2D eigenvalue weighted by atomic mass is 35.5. The third-order valence-corrected chi connectivity index (χ3v) is 7.91. The zero-order valence-corrected chi connectivity index (χ0v) is 19.3. The number of nitrogens with one attached hydrogen (secondary N) is 2. The molecule has 4 bridgehead atoms. The van der Waals surface area contributed by atoms with Gasteiger partial charge in [-0.25, -0.2) is 4.98 Å². The van der Waals surface area contributed by atoms with Crippen LogP contribution in [0.1, 0.15) is 57.3 Å². The second kappa shape index (κ2) is 8.71. The first-order chi connectivity index (χ1) is 15.4. The molecule has 8 heteroatoms. The van der Waals surface area contributed by atoms with Crippen molar-refractivity contribution in [3.8, 4) is 11.3 Å². The van der Waals surface area contributed by atoms with E-state index in [2.05, 4.69) is 15.8 Å². The molecule has 0 radical (unpaired) electrons. The average molecular weight is 476 g/mol. The van der Waals surface area contributed by atoms with E-state index in [1.54, 1.807) is 24.4 Å². The van der Waals surface area contributed by atoms with Gasteiger partial charge in [0.2, 0.25) is 11.8 Å². The van der Waals surface area contributed by atoms with Crippen molar-refractivity contribution >= 4 is 35.0 Å². The molecule has 0 atom stereocenters. The van der Waals surface area contributed by atoms with Crippen LogP contribution in [0.15, 0.2) is 28.8 Å². The molecule has 6 rings (SSSR count). The van der Waals surface area contributed by atoms with Crippen LogP contribution >= 0.6 is 23.2 Å². The molecule has 2 aromatic rings. The van der Waals surface area contributed by atoms with Crippen molar-refractivity contribution in [2.75, 3.05) is 0 Å². The SMILES string of the molecule is O=C(CCc1ncc(-c2ccc(Cl)cc2Cl)o1)NNC(=O)CC12CC3CC(CC(C3)C1)C2. The first-order valence-corrected chi connectivity index (χ1v) is 12.1. The molecule has 1 aromatic heterocycles. The van der Waals surface area contributed by atoms with Gasteiger partial charge < -0.3 is 4.42 Å². The summed E-state index contributed by atoms with van der Waals surface area (Å²) in [7, 11) is 0. The molecule has 32 heavy (non-hydrogen) atoms. The summed E-state index contributed by atoms with van der Waals surface area (Å²) in [4.78, 5) is 29.0. The molecule has 0 aliphatic heterocycles. The quantitative estimate of drug-likeness (QED) is 0.552. The Balaban J connectivity index is 1.08. The van der Waals surface area contributed by atoms with E-state index in [0.29, 0.717) is 40.1 Å². The summed E-state index contributed by atoms with van der Waals surface area (Å²) in [5.41, 5.74) is 6.01. The number of rotatable bonds is 6. The Hall–Kier alpha value is -2.05. The molecule has 0 unspecified atom stereocenters. The first kappa shape index (κ1) is 21.8. The maximum absolute atomic E-state index is 12.5. The fourth-order valence-electron chi connectivity index (χ4n) is 6.55. The van der Waals surface area contributed by atoms with Gasteiger partial charge in [-0.15, -0.1) is 0 Å². The fourth-order valence-corrected chi connectivity index (χ4v) is 7.05. The lowest BCUT2D eigenvalue weighted by Crippen LogP contribution is -2.50. The lowest BCUT2D eigenvalue weighted by atomic mass is 9.49. The van der Waals surface area contributed by atoms with Crippen LogP contribution in [0.5, 0.6) is 0 Å². The predicted octanol–water partition coefficient (Wildman–Crippen LogP) is 5.33. The average Bonchev–Trinajstić information content (AvgIpc) is 3.18. The van der Waals surface area contributed by atoms with Gasteiger partial charge in [-0.3, -0.25) is 20.4 Å². The van der Waals surface area contributed by atoms with E-state index in [1.807, 2.05) is 0 Å². The highest BCUT2D eigenvalue weighted by Gasteiger charge is 2.51. The number of amides is 2. The van der Waals surface area contributed by atoms with Crippen LogP contribution < -0.4 is 10.9 Å². The zero-order valence-electron chi connectivity index (χ0n) is 17.8. The number of hydrogen-bond donors (Lipinski definition) is 2. The fraction of sp³-hybridized carbons (Fsp3) is 0.542. The Bertz CT molecular complexity index is 1000. The van der Waals surface area contributed by atoms with E-state index >= 15 is 0 Å². The molecule has 4 fully saturated rings. The summed E-state index contributed by atoms with van der Waals surface area (Å²) < 4.78 is 5.72. The number of carbonyl (C=O) groups excluding carboxylic acids is 2. The van der Waals surface area contributed by atoms with Crippen molar-refractivity contribution < 1.29 is 14.0 Å². The maximum Gasteiger partial charge on any atom is 0.238 e. The number of hydrazine groups is 1. The van der Waals surface area contributed by atoms with Crippen molar-refractivity contribution in [2.24, 2.45) is 23.2 Å². The number of carbonyl (C=O) groups is 2. The number of aryl methyl sites for hydroxylation is 1. The van der Waals surface area contributed by atoms with Crippen LogP contribution in [0.25, 0.3) is 11.3 Å². The smallest absolute Gasteiger partial charge is 0.238 e. The van der Waals surface area contributed by atoms with Gasteiger partial charge in [-0.2, -0.15) is 0 Å². The third kappa shape index (κ3) is 4.67. The zero-order chi connectivity index (χ0) is 22.3. The molecule has 170 valence electrons. The number of aromatic nitrogens is 1. The van der Waals surface area contributed by atoms with Crippen LogP contribution in [0.2, 0.25) is 10.0 Å². The van der Waals surface area contributed by atoms with Gasteiger partial charge in [0.15, 0.2) is 11.7 Å². The molecule has 1 aromatic carbocycles. The van der Waals surface area contributed by atoms with Crippen LogP contribution in [0, 0.1) is 23.2 Å². The molecule has 4 aliphatic carbocycles. The first-order valence-electron chi connectivity index (χ1n) is 11.4. The minimum atomic E-state index is -0.270. The summed E-state index contributed by atoms with van der Waals surface area (Å²) in [5, 5.41) is 1.01. The van der Waals surface area contributed by atoms with Gasteiger partial charge in [0, 0.05) is 29.8 Å². The molecule has 2 amide bonds. The molecule has 6 nitrogen and oxygen atoms in total. The van der Waals surface area contributed by atoms with Crippen LogP contribution in [0.4, 0.5) is 0 Å². The second-order valence-electron chi connectivity index (χ2n) is 9.93. The number of oxazole rings is 1. The van der Waals surface area contributed by atoms with Crippen LogP contribution in [0.3, 0.4) is 0 Å². The van der Waals surface area contributed by atoms with E-state index < -0.39 is 0 Å². The van der Waals surface area contributed by atoms with Crippen LogP contribution in [-0.4, -0.2) is 16.8 Å². The molecular formula is C24H27Cl2N3O3. The monoisotopic (exact) mass is 475 g/mol. The van der Waals surface area contributed by atoms with E-state index in [0.717, 1.165) is 17.8 Å². The van der Waals surface area contributed by atoms with Gasteiger partial charge in [0.05, 0.1) is 11.2 Å². The Kier molecular flexibility index (Phi) is 5.93. The van der Waals surface area contributed by atoms with Gasteiger partial charge in [0.25, 0.3) is 0 Å². The van der Waals surface area contributed by atoms with Crippen molar-refractivity contribution in [3.63, 3.8) is 0 Å². The number of benzene rings is 1. The van der Waals surface area contributed by atoms with Gasteiger partial charge in [-0.1, -0.05) is 23.2 Å². The van der Waals surface area contributed by atoms with E-state index in [9.17, 15) is 9.59 Å². The third-order valence-electron chi connectivity index (χ3n) is 7.36. The molecular weight excluding hydrogens is 449 g/mol. The summed E-state index contributed by atoms with van der Waals surface area (Å²) in [6, 6.07) is 5.13. The molecule has 4 saturated carbocycles. The predicted molar refractivity (Wildman–Crippen MR) is 122 cm³/mol. The van der Waals surface area contributed by atoms with Crippen LogP contribution in [-0.2, 0) is 16.0 Å². The lowest BCUT2D eigenvalue weighted by Gasteiger charge is -2.56. The molecule has 2 N–H and O–H groups in total. The summed E-state index contributed by atoms with van der Waals surface area (Å²) in [6.07, 6.45) is 10.1. The van der Waals surface area contributed by atoms with Gasteiger partial charge >= 0.3 is 0 Å². The van der Waals surface area contributed by atoms with E-state index in [1.165, 1.54) is 38.5 Å². The Labute approximate surface area is 197 Å². The van der Waals surface area contributed by atoms with Crippen molar-refractivity contribution in [1.82, 2.24) is 15.8 Å². The number of hydrogen-bond acceptors (Lipinski definition) is 4. The topological polar surface area (TPSA) is 84.2 Å². The van der Waals surface area contributed by atoms with Crippen molar-refractivity contribution in [1.29, 1.82) is 0 Å². The van der Waals surface area contributed by atoms with Crippen molar-refractivity contribution in [3.05, 3.63) is 40.3 Å². The van der Waals surface area contributed by atoms with E-state index in [4.69, 9.17) is 27.6 Å². The highest BCUT2D eigenvalue weighted by molar-refractivity contribution is 6.36. The largest absolute Gasteiger partial charge is 0.441 e. The number of nitrogens with zero attached hydrogens (tertiary/aromatic N) is 1. The minimum absolute atomic E-state index is 0.0870. The Morgan fingerprint density at radius 3 is 2.34 bits per heavy atom. The van der Waals surface area contributed by atoms with Crippen molar-refractivity contribution in [2.45, 2.75) is 57.8 Å². The number of halogens is 2. The molecule has 4 aliphatic rings. The summed E-state index contributed by atoms with van der Waals surface area (Å²) >= 11 is 12.1. The lowest BCUT2D eigenvalue weighted by molar-refractivity contribution is -0.134. The maximum atomic E-state index is 12.5. The van der Waals surface area contributed by atoms with E-state index in [-0.39, 0.29) is 23.7 Å². The van der Waals surface area contributed by atoms with Gasteiger partial charge in [0.1, 0.15) is 0 Å². The Morgan fingerprint density at radius 1 is 1.03 bits per heavy atom. The Morgan fingerprint density at radius 2 is 1.69 bits per heavy atom. The minimum Gasteiger partial charge on any atom is -0.441 e. The molecule has 0 saturated heterocycles. The molecule has 1 heterocycles. The normalized spacial score (nSPS) is 28.0. The second-order valence-corrected chi connectivity index (χ2v) is 10.8. The highest BCUT2D eigenvalue weighted by Crippen LogP contribution is 2.61. The standard InChI is InChI=1S/C24H27Cl2N3O3/c25-17-1-2-18(19(26)8-17)20-13-27-23(32-20)4-3-21(30)28-29-22(31)12-24-9-14-5-15(10-24)7-16(6-14)11-24/h1-2,8,13-16H,3-7,9-12H2,(H,28,30)(H,29,31).